The first-order chi connectivity index (χ1) is 21.7. The van der Waals surface area contributed by atoms with Gasteiger partial charge in [0.05, 0.1) is 0 Å². The van der Waals surface area contributed by atoms with E-state index in [1.807, 2.05) is 22.7 Å². The van der Waals surface area contributed by atoms with Crippen LogP contribution in [0.25, 0.3) is 62.6 Å². The highest BCUT2D eigenvalue weighted by Gasteiger charge is 2.18. The van der Waals surface area contributed by atoms with E-state index in [1.54, 1.807) is 0 Å². The first-order valence-corrected chi connectivity index (χ1v) is 19.9. The minimum atomic E-state index is 0.733. The van der Waals surface area contributed by atoms with E-state index in [0.717, 1.165) is 11.8 Å². The smallest absolute Gasteiger partial charge is 0.0356 e. The molecule has 0 atom stereocenters. The molecular weight excluding hydrogens is 609 g/mol. The summed E-state index contributed by atoms with van der Waals surface area (Å²) in [6.45, 7) is 0. The van der Waals surface area contributed by atoms with Gasteiger partial charge >= 0.3 is 0 Å². The molecule has 4 heterocycles. The summed E-state index contributed by atoms with van der Waals surface area (Å²) in [6.07, 6.45) is 5.27. The van der Waals surface area contributed by atoms with Gasteiger partial charge in [0, 0.05) is 19.2 Å². The Balaban J connectivity index is 0.996. The predicted octanol–water partition coefficient (Wildman–Crippen LogP) is 13.0. The van der Waals surface area contributed by atoms with Gasteiger partial charge in [-0.3, -0.25) is 0 Å². The van der Waals surface area contributed by atoms with Gasteiger partial charge in [-0.25, -0.2) is 0 Å². The van der Waals surface area contributed by atoms with Crippen LogP contribution in [-0.2, 0) is 0 Å². The van der Waals surface area contributed by atoms with Crippen LogP contribution in [0.1, 0.15) is 48.6 Å². The van der Waals surface area contributed by atoms with Crippen molar-refractivity contribution in [1.82, 2.24) is 0 Å². The van der Waals surface area contributed by atoms with E-state index in [0.29, 0.717) is 0 Å². The monoisotopic (exact) mass is 642 g/mol. The maximum Gasteiger partial charge on any atom is 0.0356 e. The van der Waals surface area contributed by atoms with Crippen LogP contribution in [0, 0.1) is 0 Å². The number of hydrogen-bond donors (Lipinski definition) is 0. The van der Waals surface area contributed by atoms with E-state index in [4.69, 9.17) is 0 Å². The molecule has 2 fully saturated rings. The Labute approximate surface area is 275 Å². The molecule has 0 amide bonds. The van der Waals surface area contributed by atoms with Gasteiger partial charge in [0.25, 0.3) is 0 Å². The molecule has 44 heavy (non-hydrogen) atoms. The summed E-state index contributed by atoms with van der Waals surface area (Å²) in [5.74, 6) is 6.68. The van der Waals surface area contributed by atoms with Gasteiger partial charge in [-0.2, -0.15) is 23.5 Å². The fraction of sp³-hybridized carbons (Fsp3) is 0.250. The van der Waals surface area contributed by atoms with Crippen molar-refractivity contribution in [2.45, 2.75) is 37.5 Å². The Morgan fingerprint density at radius 3 is 1.25 bits per heavy atom. The van der Waals surface area contributed by atoms with Gasteiger partial charge in [0.2, 0.25) is 0 Å². The van der Waals surface area contributed by atoms with Crippen LogP contribution < -0.4 is 0 Å². The van der Waals surface area contributed by atoms with Crippen molar-refractivity contribution in [3.63, 3.8) is 0 Å². The Kier molecular flexibility index (Phi) is 7.23. The van der Waals surface area contributed by atoms with Gasteiger partial charge in [-0.15, -0.1) is 22.7 Å². The van der Waals surface area contributed by atoms with E-state index >= 15 is 0 Å². The van der Waals surface area contributed by atoms with E-state index < -0.39 is 0 Å². The molecule has 0 N–H and O–H groups in total. The third kappa shape index (κ3) is 5.18. The van der Waals surface area contributed by atoms with Gasteiger partial charge in [-0.05, 0) is 151 Å². The number of benzene rings is 5. The molecule has 0 spiro atoms. The van der Waals surface area contributed by atoms with Gasteiger partial charge in [-0.1, -0.05) is 60.7 Å². The molecule has 5 aromatic carbocycles. The molecule has 9 rings (SSSR count). The lowest BCUT2D eigenvalue weighted by Crippen LogP contribution is -2.07. The van der Waals surface area contributed by atoms with Crippen LogP contribution in [0.5, 0.6) is 0 Å². The van der Waals surface area contributed by atoms with Crippen molar-refractivity contribution in [2.24, 2.45) is 0 Å². The quantitative estimate of drug-likeness (QED) is 0.187. The first kappa shape index (κ1) is 27.5. The normalized spacial score (nSPS) is 16.9. The molecule has 7 aromatic rings. The molecule has 0 bridgehead atoms. The van der Waals surface area contributed by atoms with Crippen LogP contribution in [0.15, 0.2) is 97.1 Å². The molecule has 2 saturated heterocycles. The summed E-state index contributed by atoms with van der Waals surface area (Å²) in [7, 11) is 0. The largest absolute Gasteiger partial charge is 0.162 e. The van der Waals surface area contributed by atoms with Crippen molar-refractivity contribution in [1.29, 1.82) is 0 Å². The third-order valence-corrected chi connectivity index (χ3v) is 14.2. The molecule has 0 unspecified atom stereocenters. The number of hydrogen-bond acceptors (Lipinski definition) is 4. The second-order valence-electron chi connectivity index (χ2n) is 12.6. The molecule has 0 saturated carbocycles. The maximum atomic E-state index is 2.44. The number of thiophene rings is 2. The highest BCUT2D eigenvalue weighted by molar-refractivity contribution is 7.99. The van der Waals surface area contributed by atoms with E-state index in [1.165, 1.54) is 122 Å². The topological polar surface area (TPSA) is 0 Å². The van der Waals surface area contributed by atoms with E-state index in [2.05, 4.69) is 121 Å². The molecule has 2 aliphatic heterocycles. The fourth-order valence-corrected chi connectivity index (χ4v) is 11.7. The lowest BCUT2D eigenvalue weighted by atomic mass is 9.91. The fourth-order valence-electron chi connectivity index (χ4n) is 7.26. The number of thioether (sulfide) groups is 2. The summed E-state index contributed by atoms with van der Waals surface area (Å²) < 4.78 is 2.74. The molecule has 4 heteroatoms. The van der Waals surface area contributed by atoms with Crippen LogP contribution in [0.4, 0.5) is 0 Å². The van der Waals surface area contributed by atoms with Crippen LogP contribution in [0.3, 0.4) is 0 Å². The lowest BCUT2D eigenvalue weighted by molar-refractivity contribution is 0.638. The highest BCUT2D eigenvalue weighted by Crippen LogP contribution is 2.42. The second-order valence-corrected chi connectivity index (χ2v) is 17.2. The van der Waals surface area contributed by atoms with Crippen molar-refractivity contribution in [3.8, 4) is 20.9 Å². The summed E-state index contributed by atoms with van der Waals surface area (Å²) in [4.78, 5) is 2.71. The standard InChI is InChI=1S/C40H34S4/c1-3-31-19-33(7-5-29(31)17-27(1)25-9-13-41-14-10-25)37-21-35-23-40-36(24-39(35)43-37)22-38(44-40)34-8-6-30-18-28(2-4-32(30)20-34)26-11-15-42-16-12-26/h1-8,17-26H,9-16H2. The Hall–Kier alpha value is -2.76. The summed E-state index contributed by atoms with van der Waals surface area (Å²) in [5.41, 5.74) is 5.70. The SMILES string of the molecule is c1cc2cc(C3CCSCC3)ccc2cc1-c1cc2cc3sc(-c4ccc5cc(C6CCSCC6)ccc5c4)cc3cc2s1. The second kappa shape index (κ2) is 11.6. The van der Waals surface area contributed by atoms with Crippen molar-refractivity contribution >= 4 is 87.9 Å². The molecular formula is C40H34S4. The molecule has 2 aromatic heterocycles. The molecule has 2 aliphatic rings. The summed E-state index contributed by atoms with van der Waals surface area (Å²) >= 11 is 8.05. The minimum absolute atomic E-state index is 0.733. The van der Waals surface area contributed by atoms with Crippen LogP contribution >= 0.6 is 46.2 Å². The Morgan fingerprint density at radius 2 is 0.795 bits per heavy atom. The zero-order valence-electron chi connectivity index (χ0n) is 24.7. The first-order valence-electron chi connectivity index (χ1n) is 15.9. The van der Waals surface area contributed by atoms with E-state index in [9.17, 15) is 0 Å². The maximum absolute atomic E-state index is 2.44. The highest BCUT2D eigenvalue weighted by atomic mass is 32.2. The zero-order chi connectivity index (χ0) is 29.0. The van der Waals surface area contributed by atoms with Crippen molar-refractivity contribution in [2.75, 3.05) is 23.0 Å². The van der Waals surface area contributed by atoms with Crippen molar-refractivity contribution in [3.05, 3.63) is 108 Å². The van der Waals surface area contributed by atoms with Gasteiger partial charge < -0.3 is 0 Å². The Bertz CT molecular complexity index is 1950. The average molecular weight is 643 g/mol. The molecule has 0 radical (unpaired) electrons. The molecule has 0 aliphatic carbocycles. The predicted molar refractivity (Wildman–Crippen MR) is 202 cm³/mol. The van der Waals surface area contributed by atoms with Gasteiger partial charge in [0.15, 0.2) is 0 Å². The van der Waals surface area contributed by atoms with Crippen LogP contribution in [-0.4, -0.2) is 23.0 Å². The molecule has 218 valence electrons. The Morgan fingerprint density at radius 1 is 0.386 bits per heavy atom. The van der Waals surface area contributed by atoms with Crippen LogP contribution in [0.2, 0.25) is 0 Å². The molecule has 0 nitrogen and oxygen atoms in total. The summed E-state index contributed by atoms with van der Waals surface area (Å²) in [6, 6.07) is 38.0. The number of fused-ring (bicyclic) bond motifs is 4. The lowest BCUT2D eigenvalue weighted by Gasteiger charge is -2.22. The van der Waals surface area contributed by atoms with Gasteiger partial charge in [0.1, 0.15) is 0 Å². The summed E-state index contributed by atoms with van der Waals surface area (Å²) in [5, 5.41) is 8.14. The van der Waals surface area contributed by atoms with Crippen molar-refractivity contribution < 1.29 is 0 Å². The zero-order valence-corrected chi connectivity index (χ0v) is 27.9. The average Bonchev–Trinajstić information content (AvgIpc) is 3.70. The number of rotatable bonds is 4. The van der Waals surface area contributed by atoms with E-state index in [-0.39, 0.29) is 0 Å². The third-order valence-electron chi connectivity index (χ3n) is 9.84. The minimum Gasteiger partial charge on any atom is -0.162 e.